The summed E-state index contributed by atoms with van der Waals surface area (Å²) in [7, 11) is 1.38. The lowest BCUT2D eigenvalue weighted by atomic mass is 9.99. The fourth-order valence-electron chi connectivity index (χ4n) is 3.39. The number of amides is 2. The van der Waals surface area contributed by atoms with Gasteiger partial charge in [-0.15, -0.1) is 0 Å². The van der Waals surface area contributed by atoms with Crippen molar-refractivity contribution in [1.29, 1.82) is 0 Å². The molecule has 1 aliphatic rings. The Bertz CT molecular complexity index is 966. The van der Waals surface area contributed by atoms with Crippen LogP contribution in [0.2, 0.25) is 0 Å². The number of likely N-dealkylation sites (N-methyl/N-ethyl adjacent to an activating group) is 1. The molecule has 2 amide bonds. The number of rotatable bonds is 10. The number of ether oxygens (including phenoxy) is 4. The molecule has 1 aliphatic heterocycles. The summed E-state index contributed by atoms with van der Waals surface area (Å²) in [5.74, 6) is -1.02. The first-order valence-corrected chi connectivity index (χ1v) is 12.0. The van der Waals surface area contributed by atoms with E-state index in [1.54, 1.807) is 20.8 Å². The number of anilines is 1. The van der Waals surface area contributed by atoms with Gasteiger partial charge in [0.2, 0.25) is 12.2 Å². The predicted molar refractivity (Wildman–Crippen MR) is 132 cm³/mol. The molecule has 214 valence electrons. The fraction of sp³-hybridized carbons (Fsp3) is 0.625. The molecule has 0 spiro atoms. The van der Waals surface area contributed by atoms with E-state index in [1.165, 1.54) is 25.2 Å². The van der Waals surface area contributed by atoms with Gasteiger partial charge in [0.05, 0.1) is 12.3 Å². The highest BCUT2D eigenvalue weighted by Gasteiger charge is 2.45. The van der Waals surface area contributed by atoms with E-state index in [1.807, 2.05) is 0 Å². The van der Waals surface area contributed by atoms with Crippen LogP contribution in [0.5, 0.6) is 5.75 Å². The normalized spacial score (nSPS) is 23.3. The van der Waals surface area contributed by atoms with Crippen molar-refractivity contribution in [3.8, 4) is 5.75 Å². The van der Waals surface area contributed by atoms with E-state index >= 15 is 0 Å². The lowest BCUT2D eigenvalue weighted by Gasteiger charge is -2.39. The Hall–Kier alpha value is -3.01. The molecule has 38 heavy (non-hydrogen) atoms. The molecular formula is C24H37N3O11. The smallest absolute Gasteiger partial charge is 0.410 e. The summed E-state index contributed by atoms with van der Waals surface area (Å²) in [4.78, 5) is 37.5. The molecule has 1 aromatic rings. The average Bonchev–Trinajstić information content (AvgIpc) is 2.82. The zero-order valence-electron chi connectivity index (χ0n) is 21.8. The molecule has 0 radical (unpaired) electrons. The second kappa shape index (κ2) is 13.7. The number of esters is 1. The van der Waals surface area contributed by atoms with Gasteiger partial charge in [0.15, 0.2) is 0 Å². The summed E-state index contributed by atoms with van der Waals surface area (Å²) in [5, 5.41) is 42.2. The van der Waals surface area contributed by atoms with Crippen molar-refractivity contribution < 1.29 is 53.8 Å². The van der Waals surface area contributed by atoms with Gasteiger partial charge >= 0.3 is 12.1 Å². The maximum Gasteiger partial charge on any atom is 0.410 e. The van der Waals surface area contributed by atoms with Gasteiger partial charge < -0.3 is 55.3 Å². The fourth-order valence-corrected chi connectivity index (χ4v) is 3.39. The largest absolute Gasteiger partial charge is 0.460 e. The Morgan fingerprint density at radius 3 is 2.42 bits per heavy atom. The number of benzene rings is 1. The van der Waals surface area contributed by atoms with Gasteiger partial charge in [-0.2, -0.15) is 0 Å². The molecule has 1 saturated heterocycles. The molecule has 7 N–H and O–H groups in total. The van der Waals surface area contributed by atoms with Gasteiger partial charge in [-0.3, -0.25) is 9.59 Å². The summed E-state index contributed by atoms with van der Waals surface area (Å²) in [6, 6.07) is 4.38. The van der Waals surface area contributed by atoms with Crippen molar-refractivity contribution in [2.75, 3.05) is 32.1 Å². The molecule has 14 heteroatoms. The maximum absolute atomic E-state index is 12.3. The molecule has 2 rings (SSSR count). The van der Waals surface area contributed by atoms with E-state index in [0.29, 0.717) is 5.56 Å². The molecule has 0 aromatic heterocycles. The SMILES string of the molecule is CN(CC(=O)OC(C)(C)C)C(=O)OCc1ccc(O[C@H]2O[C@H](CO)[C@@H](O)[C@H](O)[C@@H]2O)c(NC(=O)CCN)c1. The van der Waals surface area contributed by atoms with E-state index in [4.69, 9.17) is 24.7 Å². The lowest BCUT2D eigenvalue weighted by Crippen LogP contribution is -2.60. The van der Waals surface area contributed by atoms with Crippen molar-refractivity contribution in [3.05, 3.63) is 23.8 Å². The number of carbonyl (C=O) groups is 3. The second-order valence-corrected chi connectivity index (χ2v) is 9.73. The summed E-state index contributed by atoms with van der Waals surface area (Å²) in [6.45, 7) is 4.02. The summed E-state index contributed by atoms with van der Waals surface area (Å²) < 4.78 is 21.4. The number of nitrogens with two attached hydrogens (primary N) is 1. The highest BCUT2D eigenvalue weighted by atomic mass is 16.7. The minimum Gasteiger partial charge on any atom is -0.460 e. The van der Waals surface area contributed by atoms with Crippen molar-refractivity contribution in [1.82, 2.24) is 4.90 Å². The van der Waals surface area contributed by atoms with Crippen LogP contribution in [0, 0.1) is 0 Å². The first kappa shape index (κ1) is 31.2. The number of carbonyl (C=O) groups excluding carboxylic acids is 3. The van der Waals surface area contributed by atoms with Gasteiger partial charge in [-0.25, -0.2) is 4.79 Å². The average molecular weight is 544 g/mol. The van der Waals surface area contributed by atoms with Gasteiger partial charge in [0.25, 0.3) is 0 Å². The number of nitrogens with one attached hydrogen (secondary N) is 1. The van der Waals surface area contributed by atoms with Crippen LogP contribution in [-0.4, -0.2) is 106 Å². The first-order chi connectivity index (χ1) is 17.7. The number of nitrogens with zero attached hydrogens (tertiary/aromatic N) is 1. The van der Waals surface area contributed by atoms with E-state index < -0.39 is 60.9 Å². The van der Waals surface area contributed by atoms with Crippen molar-refractivity contribution in [2.45, 2.75) is 70.1 Å². The third kappa shape index (κ3) is 9.08. The monoisotopic (exact) mass is 543 g/mol. The van der Waals surface area contributed by atoms with Crippen LogP contribution in [0.4, 0.5) is 10.5 Å². The van der Waals surface area contributed by atoms with E-state index in [2.05, 4.69) is 5.32 Å². The second-order valence-electron chi connectivity index (χ2n) is 9.73. The quantitative estimate of drug-likeness (QED) is 0.198. The van der Waals surface area contributed by atoms with Gasteiger partial charge in [-0.1, -0.05) is 6.07 Å². The van der Waals surface area contributed by atoms with Crippen LogP contribution in [-0.2, 0) is 30.4 Å². The van der Waals surface area contributed by atoms with E-state index in [0.717, 1.165) is 4.90 Å². The molecule has 1 aromatic carbocycles. The van der Waals surface area contributed by atoms with E-state index in [9.17, 15) is 34.8 Å². The molecular weight excluding hydrogens is 506 g/mol. The standard InChI is InChI=1S/C24H37N3O11/c1-24(2,3)38-18(30)10-27(4)23(34)35-12-13-5-6-15(14(9-13)26-17(29)7-8-25)36-22-21(33)20(32)19(31)16(11-28)37-22/h5-6,9,16,19-22,28,31-33H,7-8,10-12,25H2,1-4H3,(H,26,29)/t16-,19-,20+,21+,22+/m1/s1. The van der Waals surface area contributed by atoms with Crippen LogP contribution < -0.4 is 15.8 Å². The van der Waals surface area contributed by atoms with Gasteiger partial charge in [0.1, 0.15) is 48.9 Å². The number of aliphatic hydroxyl groups excluding tert-OH is 4. The summed E-state index contributed by atoms with van der Waals surface area (Å²) in [6.07, 6.45) is -8.35. The topological polar surface area (TPSA) is 210 Å². The summed E-state index contributed by atoms with van der Waals surface area (Å²) >= 11 is 0. The Morgan fingerprint density at radius 2 is 1.82 bits per heavy atom. The van der Waals surface area contributed by atoms with Crippen molar-refractivity contribution in [2.24, 2.45) is 5.73 Å². The molecule has 5 atom stereocenters. The summed E-state index contributed by atoms with van der Waals surface area (Å²) in [5.41, 5.74) is 5.30. The van der Waals surface area contributed by atoms with Crippen LogP contribution in [0.3, 0.4) is 0 Å². The maximum atomic E-state index is 12.3. The predicted octanol–water partition coefficient (Wildman–Crippen LogP) is -0.937. The third-order valence-corrected chi connectivity index (χ3v) is 5.24. The molecule has 0 bridgehead atoms. The van der Waals surface area contributed by atoms with E-state index in [-0.39, 0.29) is 37.6 Å². The number of hydrogen-bond acceptors (Lipinski definition) is 12. The van der Waals surface area contributed by atoms with Crippen LogP contribution in [0.25, 0.3) is 0 Å². The minimum atomic E-state index is -1.67. The Kier molecular flexibility index (Phi) is 11.2. The first-order valence-electron chi connectivity index (χ1n) is 12.0. The highest BCUT2D eigenvalue weighted by molar-refractivity contribution is 5.92. The minimum absolute atomic E-state index is 0.00579. The number of aliphatic hydroxyl groups is 4. The van der Waals surface area contributed by atoms with Gasteiger partial charge in [-0.05, 0) is 38.5 Å². The Balaban J connectivity index is 2.13. The van der Waals surface area contributed by atoms with Crippen LogP contribution >= 0.6 is 0 Å². The molecule has 0 aliphatic carbocycles. The van der Waals surface area contributed by atoms with Crippen LogP contribution in [0.1, 0.15) is 32.8 Å². The molecule has 1 fully saturated rings. The number of hydrogen-bond donors (Lipinski definition) is 6. The van der Waals surface area contributed by atoms with Crippen LogP contribution in [0.15, 0.2) is 18.2 Å². The lowest BCUT2D eigenvalue weighted by molar-refractivity contribution is -0.277. The molecule has 1 heterocycles. The zero-order valence-corrected chi connectivity index (χ0v) is 21.8. The van der Waals surface area contributed by atoms with Gasteiger partial charge in [0, 0.05) is 20.0 Å². The Morgan fingerprint density at radius 1 is 1.13 bits per heavy atom. The molecule has 14 nitrogen and oxygen atoms in total. The highest BCUT2D eigenvalue weighted by Crippen LogP contribution is 2.31. The zero-order chi connectivity index (χ0) is 28.6. The van der Waals surface area contributed by atoms with Crippen molar-refractivity contribution in [3.63, 3.8) is 0 Å². The third-order valence-electron chi connectivity index (χ3n) is 5.24. The molecule has 0 saturated carbocycles. The van der Waals surface area contributed by atoms with Crippen molar-refractivity contribution >= 4 is 23.7 Å². The Labute approximate surface area is 220 Å². The molecule has 0 unspecified atom stereocenters.